The van der Waals surface area contributed by atoms with Crippen LogP contribution in [0.5, 0.6) is 0 Å². The average Bonchev–Trinajstić information content (AvgIpc) is 2.42. The summed E-state index contributed by atoms with van der Waals surface area (Å²) in [5.74, 6) is -0.00297. The summed E-state index contributed by atoms with van der Waals surface area (Å²) in [5.41, 5.74) is -0.803. The zero-order valence-electron chi connectivity index (χ0n) is 14.0. The lowest BCUT2D eigenvalue weighted by Gasteiger charge is -2.30. The van der Waals surface area contributed by atoms with Crippen molar-refractivity contribution in [2.75, 3.05) is 13.6 Å². The van der Waals surface area contributed by atoms with Crippen molar-refractivity contribution in [2.24, 2.45) is 0 Å². The molecule has 0 aliphatic carbocycles. The van der Waals surface area contributed by atoms with E-state index in [1.54, 1.807) is 18.7 Å². The van der Waals surface area contributed by atoms with Crippen molar-refractivity contribution >= 4 is 11.8 Å². The molecule has 2 amide bonds. The Balaban J connectivity index is 2.57. The number of carbonyl (C=O) groups is 2. The van der Waals surface area contributed by atoms with Crippen LogP contribution in [0.25, 0.3) is 0 Å². The third-order valence-corrected chi connectivity index (χ3v) is 4.23. The van der Waals surface area contributed by atoms with Gasteiger partial charge in [0.05, 0.1) is 0 Å². The molecule has 4 heteroatoms. The van der Waals surface area contributed by atoms with Crippen LogP contribution in [0.1, 0.15) is 78.1 Å². The van der Waals surface area contributed by atoms with E-state index in [2.05, 4.69) is 5.32 Å². The van der Waals surface area contributed by atoms with Gasteiger partial charge in [0.15, 0.2) is 0 Å². The van der Waals surface area contributed by atoms with Crippen molar-refractivity contribution < 1.29 is 9.59 Å². The third kappa shape index (κ3) is 6.96. The highest BCUT2D eigenvalue weighted by atomic mass is 16.2. The fourth-order valence-electron chi connectivity index (χ4n) is 2.92. The molecule has 0 atom stereocenters. The van der Waals surface area contributed by atoms with Gasteiger partial charge in [0.1, 0.15) is 5.54 Å². The number of rotatable bonds is 0. The molecule has 1 fully saturated rings. The first-order valence-electron chi connectivity index (χ1n) is 8.50. The smallest absolute Gasteiger partial charge is 0.247 e. The molecule has 0 spiro atoms. The van der Waals surface area contributed by atoms with Crippen molar-refractivity contribution in [2.45, 2.75) is 83.6 Å². The van der Waals surface area contributed by atoms with Crippen LogP contribution in [0.2, 0.25) is 0 Å². The van der Waals surface area contributed by atoms with Crippen LogP contribution in [-0.2, 0) is 9.59 Å². The SMILES string of the molecule is CN1CCCCCCCCCCCC(=O)NC(C)(C)C1=O. The van der Waals surface area contributed by atoms with Crippen molar-refractivity contribution in [1.82, 2.24) is 10.2 Å². The number of carbonyl (C=O) groups excluding carboxylic acids is 2. The van der Waals surface area contributed by atoms with Crippen LogP contribution in [-0.4, -0.2) is 35.8 Å². The van der Waals surface area contributed by atoms with Crippen LogP contribution in [0, 0.1) is 0 Å². The maximum Gasteiger partial charge on any atom is 0.247 e. The molecule has 1 N–H and O–H groups in total. The van der Waals surface area contributed by atoms with Crippen molar-refractivity contribution in [3.05, 3.63) is 0 Å². The second kappa shape index (κ2) is 9.06. The second-order valence-electron chi connectivity index (χ2n) is 6.83. The van der Waals surface area contributed by atoms with Gasteiger partial charge in [-0.1, -0.05) is 44.9 Å². The highest BCUT2D eigenvalue weighted by molar-refractivity contribution is 5.90. The molecule has 0 bridgehead atoms. The van der Waals surface area contributed by atoms with E-state index >= 15 is 0 Å². The van der Waals surface area contributed by atoms with Gasteiger partial charge in [0.2, 0.25) is 11.8 Å². The highest BCUT2D eigenvalue weighted by Gasteiger charge is 2.31. The Bertz CT molecular complexity index is 340. The fraction of sp³-hybridized carbons (Fsp3) is 0.882. The van der Waals surface area contributed by atoms with E-state index in [0.29, 0.717) is 6.42 Å². The minimum atomic E-state index is -0.803. The largest absolute Gasteiger partial charge is 0.344 e. The van der Waals surface area contributed by atoms with Crippen LogP contribution < -0.4 is 5.32 Å². The monoisotopic (exact) mass is 296 g/mol. The maximum absolute atomic E-state index is 12.4. The lowest BCUT2D eigenvalue weighted by molar-refractivity contribution is -0.139. The normalized spacial score (nSPS) is 23.7. The molecular formula is C17H32N2O2. The van der Waals surface area contributed by atoms with Gasteiger partial charge < -0.3 is 10.2 Å². The molecule has 0 aromatic heterocycles. The van der Waals surface area contributed by atoms with Gasteiger partial charge in [-0.3, -0.25) is 9.59 Å². The van der Waals surface area contributed by atoms with E-state index in [1.807, 2.05) is 7.05 Å². The molecule has 1 rings (SSSR count). The molecule has 21 heavy (non-hydrogen) atoms. The first-order valence-corrected chi connectivity index (χ1v) is 8.50. The van der Waals surface area contributed by atoms with Gasteiger partial charge in [-0.25, -0.2) is 0 Å². The standard InChI is InChI=1S/C17H32N2O2/c1-17(2)16(21)19(3)14-12-10-8-6-4-5-7-9-11-13-15(20)18-17/h4-14H2,1-3H3,(H,18,20). The van der Waals surface area contributed by atoms with Crippen LogP contribution in [0.4, 0.5) is 0 Å². The summed E-state index contributed by atoms with van der Waals surface area (Å²) in [7, 11) is 1.83. The summed E-state index contributed by atoms with van der Waals surface area (Å²) < 4.78 is 0. The first kappa shape index (κ1) is 18.0. The summed E-state index contributed by atoms with van der Waals surface area (Å²) >= 11 is 0. The van der Waals surface area contributed by atoms with Crippen LogP contribution >= 0.6 is 0 Å². The first-order chi connectivity index (χ1) is 9.93. The van der Waals surface area contributed by atoms with Gasteiger partial charge in [-0.2, -0.15) is 0 Å². The third-order valence-electron chi connectivity index (χ3n) is 4.23. The molecule has 1 aliphatic rings. The van der Waals surface area contributed by atoms with E-state index in [0.717, 1.165) is 25.8 Å². The summed E-state index contributed by atoms with van der Waals surface area (Å²) in [5, 5.41) is 2.89. The Morgan fingerprint density at radius 3 is 1.90 bits per heavy atom. The van der Waals surface area contributed by atoms with E-state index in [1.165, 1.54) is 38.5 Å². The Hall–Kier alpha value is -1.06. The maximum atomic E-state index is 12.4. The molecule has 0 saturated carbocycles. The van der Waals surface area contributed by atoms with Gasteiger partial charge in [-0.05, 0) is 26.7 Å². The number of hydrogen-bond donors (Lipinski definition) is 1. The van der Waals surface area contributed by atoms with Gasteiger partial charge in [-0.15, -0.1) is 0 Å². The molecule has 0 aromatic carbocycles. The Labute approximate surface area is 129 Å². The topological polar surface area (TPSA) is 49.4 Å². The Morgan fingerprint density at radius 1 is 0.857 bits per heavy atom. The van der Waals surface area contributed by atoms with Gasteiger partial charge >= 0.3 is 0 Å². The average molecular weight is 296 g/mol. The summed E-state index contributed by atoms with van der Waals surface area (Å²) in [6, 6.07) is 0. The number of nitrogens with one attached hydrogen (secondary N) is 1. The summed E-state index contributed by atoms with van der Waals surface area (Å²) in [4.78, 5) is 26.1. The lowest BCUT2D eigenvalue weighted by atomic mass is 10.0. The van der Waals surface area contributed by atoms with Gasteiger partial charge in [0, 0.05) is 20.0 Å². The predicted molar refractivity (Wildman–Crippen MR) is 86.0 cm³/mol. The van der Waals surface area contributed by atoms with Crippen LogP contribution in [0.15, 0.2) is 0 Å². The molecule has 1 aliphatic heterocycles. The molecule has 1 heterocycles. The number of hydrogen-bond acceptors (Lipinski definition) is 2. The van der Waals surface area contributed by atoms with Crippen molar-refractivity contribution in [3.63, 3.8) is 0 Å². The molecule has 122 valence electrons. The minimum Gasteiger partial charge on any atom is -0.344 e. The Morgan fingerprint density at radius 2 is 1.33 bits per heavy atom. The highest BCUT2D eigenvalue weighted by Crippen LogP contribution is 2.14. The summed E-state index contributed by atoms with van der Waals surface area (Å²) in [6.07, 6.45) is 11.2. The van der Waals surface area contributed by atoms with Crippen molar-refractivity contribution in [3.8, 4) is 0 Å². The number of nitrogens with zero attached hydrogens (tertiary/aromatic N) is 1. The molecule has 1 saturated heterocycles. The molecule has 0 unspecified atom stereocenters. The Kier molecular flexibility index (Phi) is 7.76. The summed E-state index contributed by atoms with van der Waals surface area (Å²) in [6.45, 7) is 4.37. The minimum absolute atomic E-state index is 0.00273. The van der Waals surface area contributed by atoms with E-state index in [-0.39, 0.29) is 11.8 Å². The molecular weight excluding hydrogens is 264 g/mol. The number of likely N-dealkylation sites (N-methyl/N-ethyl adjacent to an activating group) is 1. The quantitative estimate of drug-likeness (QED) is 0.746. The van der Waals surface area contributed by atoms with E-state index in [4.69, 9.17) is 0 Å². The second-order valence-corrected chi connectivity index (χ2v) is 6.83. The predicted octanol–water partition coefficient (Wildman–Crippen LogP) is 3.25. The zero-order valence-corrected chi connectivity index (χ0v) is 14.0. The molecule has 0 aromatic rings. The molecule has 0 radical (unpaired) electrons. The molecule has 4 nitrogen and oxygen atoms in total. The van der Waals surface area contributed by atoms with E-state index in [9.17, 15) is 9.59 Å². The van der Waals surface area contributed by atoms with Crippen molar-refractivity contribution in [1.29, 1.82) is 0 Å². The lowest BCUT2D eigenvalue weighted by Crippen LogP contribution is -2.55. The van der Waals surface area contributed by atoms with E-state index < -0.39 is 5.54 Å². The van der Waals surface area contributed by atoms with Crippen LogP contribution in [0.3, 0.4) is 0 Å². The fourth-order valence-corrected chi connectivity index (χ4v) is 2.92. The van der Waals surface area contributed by atoms with Gasteiger partial charge in [0.25, 0.3) is 0 Å². The number of amides is 2. The zero-order chi connectivity index (χ0) is 15.7.